The van der Waals surface area contributed by atoms with Gasteiger partial charge in [-0.1, -0.05) is 19.6 Å². The lowest BCUT2D eigenvalue weighted by atomic mass is 10.1. The van der Waals surface area contributed by atoms with Crippen molar-refractivity contribution in [2.45, 2.75) is 26.2 Å². The van der Waals surface area contributed by atoms with E-state index in [1.54, 1.807) is 6.08 Å². The molecule has 0 radical (unpaired) electrons. The summed E-state index contributed by atoms with van der Waals surface area (Å²) in [5, 5.41) is 0. The summed E-state index contributed by atoms with van der Waals surface area (Å²) < 4.78 is 26.0. The van der Waals surface area contributed by atoms with E-state index in [-0.39, 0.29) is 17.1 Å². The van der Waals surface area contributed by atoms with E-state index in [0.29, 0.717) is 0 Å². The summed E-state index contributed by atoms with van der Waals surface area (Å²) in [7, 11) is 0. The van der Waals surface area contributed by atoms with Gasteiger partial charge in [0.2, 0.25) is 0 Å². The first-order valence-corrected chi connectivity index (χ1v) is 3.76. The van der Waals surface area contributed by atoms with Crippen LogP contribution >= 0.6 is 0 Å². The highest BCUT2D eigenvalue weighted by atomic mass is 19.3. The molecule has 0 heterocycles. The molecule has 11 heavy (non-hydrogen) atoms. The minimum atomic E-state index is -2.75. The van der Waals surface area contributed by atoms with Crippen molar-refractivity contribution in [3.8, 4) is 0 Å². The summed E-state index contributed by atoms with van der Waals surface area (Å²) in [4.78, 5) is 0. The molecular formula is C9H12F2. The molecule has 0 aliphatic heterocycles. The first kappa shape index (κ1) is 8.44. The van der Waals surface area contributed by atoms with Crippen molar-refractivity contribution in [2.75, 3.05) is 0 Å². The Morgan fingerprint density at radius 3 is 2.55 bits per heavy atom. The van der Waals surface area contributed by atoms with Crippen LogP contribution in [0.25, 0.3) is 0 Å². The van der Waals surface area contributed by atoms with Crippen molar-refractivity contribution >= 4 is 0 Å². The quantitative estimate of drug-likeness (QED) is 0.553. The van der Waals surface area contributed by atoms with Gasteiger partial charge in [-0.2, -0.15) is 8.78 Å². The predicted molar refractivity (Wildman–Crippen MR) is 41.6 cm³/mol. The highest BCUT2D eigenvalue weighted by Gasteiger charge is 2.44. The fourth-order valence-corrected chi connectivity index (χ4v) is 1.09. The van der Waals surface area contributed by atoms with Crippen LogP contribution in [0.3, 0.4) is 0 Å². The molecule has 2 heteroatoms. The maximum atomic E-state index is 13.0. The van der Waals surface area contributed by atoms with Crippen molar-refractivity contribution < 1.29 is 8.78 Å². The minimum absolute atomic E-state index is 0.0294. The lowest BCUT2D eigenvalue weighted by Gasteiger charge is -2.13. The van der Waals surface area contributed by atoms with Crippen LogP contribution in [0, 0.1) is 5.92 Å². The van der Waals surface area contributed by atoms with Gasteiger partial charge in [-0.3, -0.25) is 0 Å². The molecule has 0 N–H and O–H groups in total. The zero-order valence-electron chi connectivity index (χ0n) is 6.82. The Labute approximate surface area is 65.6 Å². The Morgan fingerprint density at radius 2 is 2.27 bits per heavy atom. The number of allylic oxidation sites excluding steroid dienone is 3. The second-order valence-electron chi connectivity index (χ2n) is 2.99. The SMILES string of the molecule is C=C(C)C(F)(F)C1=CC1CC. The third-order valence-electron chi connectivity index (χ3n) is 2.01. The van der Waals surface area contributed by atoms with Gasteiger partial charge in [0.15, 0.2) is 0 Å². The minimum Gasteiger partial charge on any atom is -0.197 e. The Morgan fingerprint density at radius 1 is 1.73 bits per heavy atom. The van der Waals surface area contributed by atoms with E-state index in [0.717, 1.165) is 6.42 Å². The number of hydrogen-bond donors (Lipinski definition) is 0. The van der Waals surface area contributed by atoms with Crippen molar-refractivity contribution in [1.82, 2.24) is 0 Å². The molecule has 0 fully saturated rings. The standard InChI is InChI=1S/C9H12F2/c1-4-7-5-8(7)9(10,11)6(2)3/h5,7H,2,4H2,1,3H3. The summed E-state index contributed by atoms with van der Waals surface area (Å²) in [5.41, 5.74) is 0.201. The van der Waals surface area contributed by atoms with Gasteiger partial charge in [-0.05, 0) is 18.9 Å². The van der Waals surface area contributed by atoms with Gasteiger partial charge in [0, 0.05) is 11.5 Å². The lowest BCUT2D eigenvalue weighted by Crippen LogP contribution is -2.16. The highest BCUT2D eigenvalue weighted by molar-refractivity contribution is 5.41. The fraction of sp³-hybridized carbons (Fsp3) is 0.556. The van der Waals surface area contributed by atoms with Crippen LogP contribution < -0.4 is 0 Å². The summed E-state index contributed by atoms with van der Waals surface area (Å²) in [6.07, 6.45) is 2.40. The number of halogens is 2. The molecule has 1 aliphatic rings. The van der Waals surface area contributed by atoms with Crippen molar-refractivity contribution in [3.63, 3.8) is 0 Å². The molecule has 0 aromatic rings. The van der Waals surface area contributed by atoms with E-state index >= 15 is 0 Å². The number of alkyl halides is 2. The normalized spacial score (nSPS) is 22.9. The van der Waals surface area contributed by atoms with Crippen LogP contribution in [0.15, 0.2) is 23.8 Å². The largest absolute Gasteiger partial charge is 0.290 e. The van der Waals surface area contributed by atoms with Crippen molar-refractivity contribution in [1.29, 1.82) is 0 Å². The molecule has 62 valence electrons. The summed E-state index contributed by atoms with van der Waals surface area (Å²) in [6.45, 7) is 6.54. The summed E-state index contributed by atoms with van der Waals surface area (Å²) in [6, 6.07) is 0. The Bertz CT molecular complexity index is 214. The molecule has 1 unspecified atom stereocenters. The molecule has 0 saturated heterocycles. The fourth-order valence-electron chi connectivity index (χ4n) is 1.09. The Hall–Kier alpha value is -0.660. The van der Waals surface area contributed by atoms with E-state index in [2.05, 4.69) is 6.58 Å². The monoisotopic (exact) mass is 158 g/mol. The van der Waals surface area contributed by atoms with Crippen molar-refractivity contribution in [2.24, 2.45) is 5.92 Å². The molecule has 1 aliphatic carbocycles. The average Bonchev–Trinajstić information content (AvgIpc) is 2.65. The van der Waals surface area contributed by atoms with Gasteiger partial charge in [-0.15, -0.1) is 0 Å². The third-order valence-corrected chi connectivity index (χ3v) is 2.01. The molecule has 0 aromatic heterocycles. The summed E-state index contributed by atoms with van der Waals surface area (Å²) >= 11 is 0. The van der Waals surface area contributed by atoms with Crippen LogP contribution in [0.1, 0.15) is 20.3 Å². The van der Waals surface area contributed by atoms with Crippen LogP contribution in [0.2, 0.25) is 0 Å². The predicted octanol–water partition coefficient (Wildman–Crippen LogP) is 3.16. The third kappa shape index (κ3) is 1.35. The van der Waals surface area contributed by atoms with Gasteiger partial charge >= 0.3 is 0 Å². The molecule has 0 amide bonds. The van der Waals surface area contributed by atoms with Crippen molar-refractivity contribution in [3.05, 3.63) is 23.8 Å². The maximum absolute atomic E-state index is 13.0. The molecule has 1 rings (SSSR count). The average molecular weight is 158 g/mol. The zero-order valence-corrected chi connectivity index (χ0v) is 6.82. The molecule has 0 aromatic carbocycles. The van der Waals surface area contributed by atoms with E-state index < -0.39 is 5.92 Å². The van der Waals surface area contributed by atoms with E-state index in [1.807, 2.05) is 6.92 Å². The molecule has 0 spiro atoms. The molecule has 0 bridgehead atoms. The van der Waals surface area contributed by atoms with Gasteiger partial charge in [0.25, 0.3) is 5.92 Å². The van der Waals surface area contributed by atoms with Gasteiger partial charge < -0.3 is 0 Å². The first-order valence-electron chi connectivity index (χ1n) is 3.76. The second kappa shape index (κ2) is 2.43. The van der Waals surface area contributed by atoms with Crippen LogP contribution in [0.4, 0.5) is 8.78 Å². The van der Waals surface area contributed by atoms with Crippen LogP contribution in [-0.2, 0) is 0 Å². The molecule has 1 atom stereocenters. The van der Waals surface area contributed by atoms with E-state index in [1.165, 1.54) is 6.92 Å². The van der Waals surface area contributed by atoms with E-state index in [4.69, 9.17) is 0 Å². The zero-order chi connectivity index (χ0) is 8.65. The van der Waals surface area contributed by atoms with Crippen LogP contribution in [0.5, 0.6) is 0 Å². The highest BCUT2D eigenvalue weighted by Crippen LogP contribution is 2.46. The smallest absolute Gasteiger partial charge is 0.197 e. The topological polar surface area (TPSA) is 0 Å². The molecule has 0 nitrogen and oxygen atoms in total. The number of hydrogen-bond acceptors (Lipinski definition) is 0. The Balaban J connectivity index is 2.62. The second-order valence-corrected chi connectivity index (χ2v) is 2.99. The summed E-state index contributed by atoms with van der Waals surface area (Å²) in [5.74, 6) is -2.72. The van der Waals surface area contributed by atoms with Gasteiger partial charge in [0.1, 0.15) is 0 Å². The lowest BCUT2D eigenvalue weighted by molar-refractivity contribution is 0.0847. The number of rotatable bonds is 3. The van der Waals surface area contributed by atoms with Gasteiger partial charge in [-0.25, -0.2) is 0 Å². The Kier molecular flexibility index (Phi) is 1.87. The van der Waals surface area contributed by atoms with E-state index in [9.17, 15) is 8.78 Å². The maximum Gasteiger partial charge on any atom is 0.290 e. The molecule has 0 saturated carbocycles. The molecular weight excluding hydrogens is 146 g/mol. The first-order chi connectivity index (χ1) is 5.00. The van der Waals surface area contributed by atoms with Gasteiger partial charge in [0.05, 0.1) is 0 Å². The van der Waals surface area contributed by atoms with Crippen LogP contribution in [-0.4, -0.2) is 5.92 Å².